The maximum Gasteiger partial charge on any atom is 0.319 e. The van der Waals surface area contributed by atoms with E-state index in [1.807, 2.05) is 19.9 Å². The number of thiazole rings is 1. The van der Waals surface area contributed by atoms with E-state index < -0.39 is 0 Å². The fourth-order valence-electron chi connectivity index (χ4n) is 1.54. The Morgan fingerprint density at radius 2 is 2.29 bits per heavy atom. The van der Waals surface area contributed by atoms with Crippen LogP contribution in [0, 0.1) is 5.92 Å². The van der Waals surface area contributed by atoms with Crippen molar-refractivity contribution >= 4 is 27.7 Å². The number of carbonyl (C=O) groups excluding carboxylic acids is 1. The maximum absolute atomic E-state index is 11.4. The Balaban J connectivity index is 1.62. The van der Waals surface area contributed by atoms with E-state index in [-0.39, 0.29) is 12.5 Å². The Labute approximate surface area is 127 Å². The molecular formula is C14H19N3O3S. The number of fused-ring (bicyclic) bond motifs is 1. The van der Waals surface area contributed by atoms with E-state index in [2.05, 4.69) is 15.3 Å². The summed E-state index contributed by atoms with van der Waals surface area (Å²) in [6, 6.07) is 3.67. The van der Waals surface area contributed by atoms with Crippen LogP contribution in [0.5, 0.6) is 5.88 Å². The molecule has 0 bridgehead atoms. The topological polar surface area (TPSA) is 73.3 Å². The Morgan fingerprint density at radius 1 is 1.43 bits per heavy atom. The summed E-state index contributed by atoms with van der Waals surface area (Å²) in [5, 5.41) is 2.97. The van der Waals surface area contributed by atoms with E-state index >= 15 is 0 Å². The Kier molecular flexibility index (Phi) is 5.89. The van der Waals surface area contributed by atoms with Gasteiger partial charge in [0.25, 0.3) is 0 Å². The summed E-state index contributed by atoms with van der Waals surface area (Å²) in [5.74, 6) is 0.675. The van der Waals surface area contributed by atoms with Gasteiger partial charge < -0.3 is 14.8 Å². The normalized spacial score (nSPS) is 11.0. The van der Waals surface area contributed by atoms with E-state index in [1.165, 1.54) is 11.3 Å². The number of hydrogen-bond acceptors (Lipinski definition) is 7. The van der Waals surface area contributed by atoms with Gasteiger partial charge in [-0.15, -0.1) is 11.3 Å². The van der Waals surface area contributed by atoms with Gasteiger partial charge in [0.1, 0.15) is 17.0 Å². The molecule has 0 saturated carbocycles. The molecule has 1 N–H and O–H groups in total. The van der Waals surface area contributed by atoms with Crippen molar-refractivity contribution in [1.29, 1.82) is 0 Å². The molecule has 2 rings (SSSR count). The largest absolute Gasteiger partial charge is 0.476 e. The fourth-order valence-corrected chi connectivity index (χ4v) is 2.19. The van der Waals surface area contributed by atoms with Crippen LogP contribution in [0.15, 0.2) is 17.6 Å². The molecule has 0 fully saturated rings. The highest BCUT2D eigenvalue weighted by Gasteiger charge is 2.04. The number of nitrogens with one attached hydrogen (secondary N) is 1. The number of pyridine rings is 1. The number of nitrogens with zero attached hydrogens (tertiary/aromatic N) is 2. The van der Waals surface area contributed by atoms with E-state index in [4.69, 9.17) is 9.47 Å². The van der Waals surface area contributed by atoms with Gasteiger partial charge in [0.05, 0.1) is 18.7 Å². The van der Waals surface area contributed by atoms with Crippen molar-refractivity contribution in [2.75, 3.05) is 26.3 Å². The van der Waals surface area contributed by atoms with Crippen LogP contribution in [0.3, 0.4) is 0 Å². The number of rotatable bonds is 8. The summed E-state index contributed by atoms with van der Waals surface area (Å²) in [5.41, 5.74) is 2.63. The molecular weight excluding hydrogens is 290 g/mol. The zero-order chi connectivity index (χ0) is 15.1. The second-order valence-corrected chi connectivity index (χ2v) is 5.76. The van der Waals surface area contributed by atoms with Gasteiger partial charge in [-0.3, -0.25) is 4.79 Å². The number of carbonyl (C=O) groups is 1. The lowest BCUT2D eigenvalue weighted by Gasteiger charge is -2.08. The Bertz CT molecular complexity index is 586. The molecule has 114 valence electrons. The highest BCUT2D eigenvalue weighted by molar-refractivity contribution is 7.16. The van der Waals surface area contributed by atoms with Crippen molar-refractivity contribution in [3.8, 4) is 5.88 Å². The van der Waals surface area contributed by atoms with E-state index in [9.17, 15) is 4.79 Å². The molecule has 2 aromatic rings. The third-order valence-corrected chi connectivity index (χ3v) is 3.28. The molecule has 0 aromatic carbocycles. The number of hydrogen-bond donors (Lipinski definition) is 1. The van der Waals surface area contributed by atoms with Crippen LogP contribution in [0.2, 0.25) is 0 Å². The van der Waals surface area contributed by atoms with Crippen LogP contribution in [0.1, 0.15) is 13.8 Å². The first-order chi connectivity index (χ1) is 10.1. The summed E-state index contributed by atoms with van der Waals surface area (Å²) >= 11 is 1.48. The lowest BCUT2D eigenvalue weighted by atomic mass is 10.2. The standard InChI is InChI=1S/C14H19N3O3S/c1-10(2)8-20-13(18)7-15-5-6-19-12-4-3-11-14(17-12)21-9-16-11/h3-4,9-10,15H,5-8H2,1-2H3. The second-order valence-electron chi connectivity index (χ2n) is 4.93. The van der Waals surface area contributed by atoms with Crippen LogP contribution in [0.4, 0.5) is 0 Å². The second kappa shape index (κ2) is 7.90. The van der Waals surface area contributed by atoms with Crippen LogP contribution in [0.25, 0.3) is 10.3 Å². The van der Waals surface area contributed by atoms with Crippen molar-refractivity contribution in [2.45, 2.75) is 13.8 Å². The molecule has 2 heterocycles. The van der Waals surface area contributed by atoms with Gasteiger partial charge in [0.2, 0.25) is 5.88 Å². The zero-order valence-corrected chi connectivity index (χ0v) is 13.0. The first kappa shape index (κ1) is 15.7. The minimum absolute atomic E-state index is 0.192. The highest BCUT2D eigenvalue weighted by atomic mass is 32.1. The third kappa shape index (κ3) is 5.28. The van der Waals surface area contributed by atoms with Gasteiger partial charge in [0, 0.05) is 12.6 Å². The molecule has 0 saturated heterocycles. The lowest BCUT2D eigenvalue weighted by molar-refractivity contribution is -0.143. The number of aromatic nitrogens is 2. The van der Waals surface area contributed by atoms with Crippen molar-refractivity contribution in [1.82, 2.24) is 15.3 Å². The van der Waals surface area contributed by atoms with Crippen molar-refractivity contribution < 1.29 is 14.3 Å². The summed E-state index contributed by atoms with van der Waals surface area (Å²) in [7, 11) is 0. The predicted molar refractivity (Wildman–Crippen MR) is 81.6 cm³/mol. The molecule has 0 aliphatic heterocycles. The molecule has 0 atom stereocenters. The van der Waals surface area contributed by atoms with Gasteiger partial charge in [-0.1, -0.05) is 13.8 Å². The molecule has 0 amide bonds. The lowest BCUT2D eigenvalue weighted by Crippen LogP contribution is -2.29. The molecule has 21 heavy (non-hydrogen) atoms. The molecule has 0 aliphatic rings. The van der Waals surface area contributed by atoms with E-state index in [0.29, 0.717) is 31.6 Å². The van der Waals surface area contributed by atoms with Crippen LogP contribution in [-0.2, 0) is 9.53 Å². The smallest absolute Gasteiger partial charge is 0.319 e. The quantitative estimate of drug-likeness (QED) is 0.593. The summed E-state index contributed by atoms with van der Waals surface area (Å²) < 4.78 is 10.6. The summed E-state index contributed by atoms with van der Waals surface area (Å²) in [6.45, 7) is 5.64. The Morgan fingerprint density at radius 3 is 3.10 bits per heavy atom. The molecule has 0 aliphatic carbocycles. The zero-order valence-electron chi connectivity index (χ0n) is 12.2. The molecule has 0 spiro atoms. The van der Waals surface area contributed by atoms with Crippen molar-refractivity contribution in [2.24, 2.45) is 5.92 Å². The summed E-state index contributed by atoms with van der Waals surface area (Å²) in [6.07, 6.45) is 0. The first-order valence-electron chi connectivity index (χ1n) is 6.84. The van der Waals surface area contributed by atoms with Crippen molar-refractivity contribution in [3.05, 3.63) is 17.6 Å². The molecule has 0 unspecified atom stereocenters. The monoisotopic (exact) mass is 309 g/mol. The molecule has 6 nitrogen and oxygen atoms in total. The number of esters is 1. The average molecular weight is 309 g/mol. The van der Waals surface area contributed by atoms with Crippen LogP contribution in [-0.4, -0.2) is 42.2 Å². The fraction of sp³-hybridized carbons (Fsp3) is 0.500. The maximum atomic E-state index is 11.4. The van der Waals surface area contributed by atoms with Crippen molar-refractivity contribution in [3.63, 3.8) is 0 Å². The number of ether oxygens (including phenoxy) is 2. The average Bonchev–Trinajstić information content (AvgIpc) is 2.92. The van der Waals surface area contributed by atoms with E-state index in [1.54, 1.807) is 11.6 Å². The van der Waals surface area contributed by atoms with Gasteiger partial charge in [-0.25, -0.2) is 9.97 Å². The van der Waals surface area contributed by atoms with E-state index in [0.717, 1.165) is 10.3 Å². The van der Waals surface area contributed by atoms with Gasteiger partial charge in [0.15, 0.2) is 0 Å². The minimum atomic E-state index is -0.243. The molecule has 2 aromatic heterocycles. The van der Waals surface area contributed by atoms with Gasteiger partial charge in [-0.2, -0.15) is 0 Å². The van der Waals surface area contributed by atoms with Gasteiger partial charge in [-0.05, 0) is 12.0 Å². The SMILES string of the molecule is CC(C)COC(=O)CNCCOc1ccc2ncsc2n1. The minimum Gasteiger partial charge on any atom is -0.476 e. The highest BCUT2D eigenvalue weighted by Crippen LogP contribution is 2.18. The predicted octanol–water partition coefficient (Wildman–Crippen LogP) is 1.86. The summed E-state index contributed by atoms with van der Waals surface area (Å²) in [4.78, 5) is 20.7. The third-order valence-electron chi connectivity index (χ3n) is 2.55. The van der Waals surface area contributed by atoms with Crippen LogP contribution < -0.4 is 10.1 Å². The molecule has 7 heteroatoms. The Hall–Kier alpha value is -1.73. The van der Waals surface area contributed by atoms with Crippen LogP contribution >= 0.6 is 11.3 Å². The van der Waals surface area contributed by atoms with Gasteiger partial charge >= 0.3 is 5.97 Å². The molecule has 0 radical (unpaired) electrons. The first-order valence-corrected chi connectivity index (χ1v) is 7.72.